The number of hydrogen-bond donors (Lipinski definition) is 0. The molecule has 0 bridgehead atoms. The van der Waals surface area contributed by atoms with Crippen molar-refractivity contribution in [1.29, 1.82) is 5.26 Å². The summed E-state index contributed by atoms with van der Waals surface area (Å²) in [5.74, 6) is -0.621. The molecule has 5 aromatic heterocycles. The molecule has 0 saturated heterocycles. The van der Waals surface area contributed by atoms with Crippen LogP contribution in [-0.2, 0) is 59.4 Å². The van der Waals surface area contributed by atoms with Crippen molar-refractivity contribution < 1.29 is 50.9 Å². The second-order valence-electron chi connectivity index (χ2n) is 20.5. The number of pyridine rings is 4. The fourth-order valence-electron chi connectivity index (χ4n) is 8.16. The van der Waals surface area contributed by atoms with Gasteiger partial charge in [-0.25, -0.2) is 18.4 Å². The first kappa shape index (κ1) is 58.5. The smallest absolute Gasteiger partial charge is 0.300 e. The molecule has 5 heterocycles. The fraction of sp³-hybridized carbons (Fsp3) is 0.311. The van der Waals surface area contributed by atoms with E-state index in [2.05, 4.69) is 154 Å². The maximum absolute atomic E-state index is 14.2. The average molecular weight is 1350 g/mol. The molecular formula is C61H59F2N9Pt2. The summed E-state index contributed by atoms with van der Waals surface area (Å²) in [5, 5.41) is 14.1. The summed E-state index contributed by atoms with van der Waals surface area (Å²) in [7, 11) is 0. The molecule has 382 valence electrons. The Bertz CT molecular complexity index is 3190. The Balaban J connectivity index is 0.000000270. The van der Waals surface area contributed by atoms with Crippen molar-refractivity contribution in [3.63, 3.8) is 0 Å². The van der Waals surface area contributed by atoms with Gasteiger partial charge in [-0.3, -0.25) is 9.83 Å². The molecule has 0 fully saturated rings. The Hall–Kier alpha value is -6.38. The number of halogens is 2. The molecule has 74 heavy (non-hydrogen) atoms. The Morgan fingerprint density at radius 3 is 1.86 bits per heavy atom. The van der Waals surface area contributed by atoms with Crippen LogP contribution in [0.3, 0.4) is 0 Å². The van der Waals surface area contributed by atoms with E-state index in [1.54, 1.807) is 47.4 Å². The third-order valence-electron chi connectivity index (χ3n) is 13.0. The van der Waals surface area contributed by atoms with E-state index in [4.69, 9.17) is 16.5 Å². The van der Waals surface area contributed by atoms with Gasteiger partial charge in [0.25, 0.3) is 0 Å². The van der Waals surface area contributed by atoms with E-state index in [9.17, 15) is 14.0 Å². The summed E-state index contributed by atoms with van der Waals surface area (Å²) in [6.45, 7) is 31.1. The van der Waals surface area contributed by atoms with Crippen LogP contribution in [0.5, 0.6) is 0 Å². The van der Waals surface area contributed by atoms with Crippen molar-refractivity contribution in [1.82, 2.24) is 34.7 Å². The number of hydrogen-bond acceptors (Lipinski definition) is 7. The van der Waals surface area contributed by atoms with E-state index in [1.165, 1.54) is 16.7 Å². The van der Waals surface area contributed by atoms with Gasteiger partial charge in [0, 0.05) is 22.5 Å². The largest absolute Gasteiger partial charge is 2.00 e. The first-order valence-corrected chi connectivity index (χ1v) is 24.2. The Morgan fingerprint density at radius 2 is 1.28 bits per heavy atom. The molecule has 0 saturated carbocycles. The summed E-state index contributed by atoms with van der Waals surface area (Å²) in [4.78, 5) is 26.2. The van der Waals surface area contributed by atoms with Crippen molar-refractivity contribution in [2.45, 2.75) is 118 Å². The van der Waals surface area contributed by atoms with Crippen LogP contribution in [0, 0.1) is 59.5 Å². The molecule has 8 rings (SSSR count). The van der Waals surface area contributed by atoms with Crippen LogP contribution in [0.25, 0.3) is 44.3 Å². The van der Waals surface area contributed by atoms with E-state index in [0.717, 1.165) is 64.9 Å². The molecule has 0 aliphatic rings. The third-order valence-corrected chi connectivity index (χ3v) is 13.0. The molecule has 0 amide bonds. The molecule has 13 heteroatoms. The van der Waals surface area contributed by atoms with Crippen LogP contribution < -0.4 is 0 Å². The summed E-state index contributed by atoms with van der Waals surface area (Å²) in [6, 6.07) is 46.3. The van der Waals surface area contributed by atoms with Gasteiger partial charge in [-0.2, -0.15) is 40.2 Å². The molecule has 0 aliphatic heterocycles. The molecule has 9 nitrogen and oxygen atoms in total. The standard InChI is InChI=1S/C35H34N4.C26H25F2N5.2Pt/c1-8-23(3)28-18-31(26-13-10-12-25(16-26)22-36)38-33(20-28)35(5,6)34-21-29(24(4)9-2)19-32(39-34)27-14-11-15-30(17-27)37-7;1-25(2,3)15-17-8-6-9-18(14-17)33-16-29-24(32-33)26(4,5)21-11-7-10-20(30-21)19-12-13-22(27)31-23(19)28;;/h10-12,15-21,23-24H,8-9H2,1-6H3;6-8,10-11,13-14,16H,15H2,1-5H3;;/q2*-2;2*+2. The zero-order chi connectivity index (χ0) is 52.0. The monoisotopic (exact) mass is 1350 g/mol. The molecule has 0 spiro atoms. The van der Waals surface area contributed by atoms with Crippen LogP contribution in [-0.4, -0.2) is 34.7 Å². The maximum Gasteiger partial charge on any atom is 2.00 e. The molecule has 8 aromatic rings. The van der Waals surface area contributed by atoms with Gasteiger partial charge in [0.1, 0.15) is 23.9 Å². The first-order valence-electron chi connectivity index (χ1n) is 24.2. The van der Waals surface area contributed by atoms with Gasteiger partial charge in [-0.15, -0.1) is 65.7 Å². The van der Waals surface area contributed by atoms with Crippen LogP contribution in [0.1, 0.15) is 146 Å². The molecule has 2 atom stereocenters. The normalized spacial score (nSPS) is 12.2. The minimum atomic E-state index is -0.953. The van der Waals surface area contributed by atoms with Gasteiger partial charge in [-0.05, 0) is 111 Å². The SMILES string of the molecule is CC(C)(C)Cc1cc[c-]c(-n2cnc(C(C)(C)c3cccc(-c4[c-]cc(F)nc4F)n3)n2)c1.[C-]#[N+]c1cc[c-]c(-c2cc(C(C)CC)cc(C(C)(C)c3cc(C(C)CC)cc(-c4[c-]ccc(C#N)c4)n3)n2)c1.[Pt+2].[Pt+2]. The van der Waals surface area contributed by atoms with E-state index >= 15 is 0 Å². The van der Waals surface area contributed by atoms with Crippen LogP contribution in [0.2, 0.25) is 0 Å². The summed E-state index contributed by atoms with van der Waals surface area (Å²) < 4.78 is 29.0. The number of aromatic nitrogens is 7. The quantitative estimate of drug-likeness (QED) is 0.0835. The topological polar surface area (TPSA) is 110 Å². The predicted molar refractivity (Wildman–Crippen MR) is 279 cm³/mol. The van der Waals surface area contributed by atoms with Crippen molar-refractivity contribution in [2.24, 2.45) is 5.41 Å². The Morgan fingerprint density at radius 1 is 0.689 bits per heavy atom. The van der Waals surface area contributed by atoms with Crippen molar-refractivity contribution in [3.8, 4) is 45.5 Å². The van der Waals surface area contributed by atoms with E-state index in [0.29, 0.717) is 40.3 Å². The van der Waals surface area contributed by atoms with Crippen LogP contribution in [0.4, 0.5) is 14.5 Å². The minimum absolute atomic E-state index is 0. The summed E-state index contributed by atoms with van der Waals surface area (Å²) in [5.41, 5.74) is 10.6. The zero-order valence-electron chi connectivity index (χ0n) is 43.6. The zero-order valence-corrected chi connectivity index (χ0v) is 48.1. The first-order chi connectivity index (χ1) is 34.2. The summed E-state index contributed by atoms with van der Waals surface area (Å²) >= 11 is 0. The van der Waals surface area contributed by atoms with Crippen molar-refractivity contribution in [2.75, 3.05) is 0 Å². The van der Waals surface area contributed by atoms with Crippen molar-refractivity contribution in [3.05, 3.63) is 202 Å². The molecule has 2 unspecified atom stereocenters. The van der Waals surface area contributed by atoms with E-state index < -0.39 is 22.7 Å². The molecular weight excluding hydrogens is 1290 g/mol. The molecule has 0 N–H and O–H groups in total. The van der Waals surface area contributed by atoms with Gasteiger partial charge in [0.05, 0.1) is 18.1 Å². The number of rotatable bonds is 13. The van der Waals surface area contributed by atoms with Crippen LogP contribution in [0.15, 0.2) is 109 Å². The number of nitrogens with zero attached hydrogens (tertiary/aromatic N) is 9. The molecule has 3 aromatic carbocycles. The molecule has 0 aliphatic carbocycles. The third kappa shape index (κ3) is 13.9. The van der Waals surface area contributed by atoms with Gasteiger partial charge in [0.2, 0.25) is 0 Å². The Labute approximate surface area is 464 Å². The van der Waals surface area contributed by atoms with Gasteiger partial charge in [0.15, 0.2) is 5.82 Å². The van der Waals surface area contributed by atoms with Gasteiger partial charge in [-0.1, -0.05) is 95.5 Å². The number of benzene rings is 3. The minimum Gasteiger partial charge on any atom is -0.300 e. The number of nitriles is 1. The predicted octanol–water partition coefficient (Wildman–Crippen LogP) is 14.7. The maximum atomic E-state index is 14.2. The molecule has 0 radical (unpaired) electrons. The van der Waals surface area contributed by atoms with Gasteiger partial charge >= 0.3 is 42.1 Å². The average Bonchev–Trinajstić information content (AvgIpc) is 3.90. The van der Waals surface area contributed by atoms with E-state index in [1.807, 2.05) is 38.1 Å². The van der Waals surface area contributed by atoms with Crippen LogP contribution >= 0.6 is 0 Å². The Kier molecular flexibility index (Phi) is 19.6. The van der Waals surface area contributed by atoms with E-state index in [-0.39, 0.29) is 53.1 Å². The fourth-order valence-corrected chi connectivity index (χ4v) is 8.16. The summed E-state index contributed by atoms with van der Waals surface area (Å²) in [6.07, 6.45) is 4.60. The second-order valence-corrected chi connectivity index (χ2v) is 20.5. The van der Waals surface area contributed by atoms with Crippen molar-refractivity contribution >= 4 is 5.69 Å². The second kappa shape index (κ2) is 24.8. The van der Waals surface area contributed by atoms with Gasteiger partial charge < -0.3 is 15.0 Å².